The van der Waals surface area contributed by atoms with Crippen LogP contribution in [-0.2, 0) is 22.6 Å². The molecule has 0 fully saturated rings. The second-order valence-corrected chi connectivity index (χ2v) is 13.4. The Balaban J connectivity index is 1.62. The molecule has 4 atom stereocenters. The van der Waals surface area contributed by atoms with Gasteiger partial charge in [-0.2, -0.15) is 0 Å². The minimum Gasteiger partial charge on any atom is -0.510 e. The molecule has 1 aromatic heterocycles. The van der Waals surface area contributed by atoms with Gasteiger partial charge in [-0.15, -0.1) is 0 Å². The summed E-state index contributed by atoms with van der Waals surface area (Å²) in [5.41, 5.74) is 4.86. The van der Waals surface area contributed by atoms with Gasteiger partial charge in [-0.1, -0.05) is 0 Å². The maximum absolute atomic E-state index is 14.3. The number of nitrogens with two attached hydrogens (primary N) is 1. The van der Waals surface area contributed by atoms with Gasteiger partial charge in [0, 0.05) is 67.9 Å². The quantitative estimate of drug-likeness (QED) is 0.217. The standard InChI is InChI=1S/C33H44N6O7/c1-36(2)10-11-39(7)15-17-8-9-21(35-17)18-14-22(37(3)4)19-12-16-13-20-26(38(5)6)29(42)25(32(34)45)31(44)33(20,46)30(43)23(16)28(41)24(19)27(18)40/h8-9,14,16,20,26,35,40,42-43,46H,10-13,15H2,1-7H3,(H2,34,45)/t16-,20-,26-,33-/m0/s1. The molecule has 1 aromatic carbocycles. The van der Waals surface area contributed by atoms with Crippen LogP contribution in [0.4, 0.5) is 5.69 Å². The number of allylic oxidation sites excluding steroid dienone is 1. The zero-order valence-electron chi connectivity index (χ0n) is 27.4. The number of aromatic amines is 1. The number of aliphatic hydroxyl groups is 3. The number of amides is 1. The van der Waals surface area contributed by atoms with Gasteiger partial charge in [-0.25, -0.2) is 0 Å². The molecule has 3 aliphatic carbocycles. The van der Waals surface area contributed by atoms with E-state index in [2.05, 4.69) is 14.8 Å². The van der Waals surface area contributed by atoms with Gasteiger partial charge in [-0.3, -0.25) is 24.2 Å². The first-order chi connectivity index (χ1) is 21.5. The van der Waals surface area contributed by atoms with Crippen LogP contribution in [-0.4, -0.2) is 132 Å². The van der Waals surface area contributed by atoms with E-state index in [1.807, 2.05) is 58.3 Å². The zero-order valence-corrected chi connectivity index (χ0v) is 27.4. The molecule has 248 valence electrons. The topological polar surface area (TPSA) is 187 Å². The van der Waals surface area contributed by atoms with E-state index in [-0.39, 0.29) is 29.7 Å². The van der Waals surface area contributed by atoms with Crippen molar-refractivity contribution in [2.45, 2.75) is 31.0 Å². The maximum Gasteiger partial charge on any atom is 0.255 e. The van der Waals surface area contributed by atoms with Gasteiger partial charge in [0.2, 0.25) is 5.78 Å². The number of aromatic hydroxyl groups is 1. The van der Waals surface area contributed by atoms with E-state index in [4.69, 9.17) is 5.73 Å². The Hall–Kier alpha value is -4.17. The second-order valence-electron chi connectivity index (χ2n) is 13.4. The Morgan fingerprint density at radius 1 is 1.04 bits per heavy atom. The minimum absolute atomic E-state index is 0.0266. The Bertz CT molecular complexity index is 1670. The SMILES string of the molecule is CN(C)CCN(C)Cc1ccc(-c2cc(N(C)C)c3c(c2O)C(=O)C2=C(O)[C@]4(O)C(=O)C(C(N)=O)=C(O)[C@@H](N(C)C)[C@@H]4C[C@@H]2C3)[nH]1. The molecule has 3 aliphatic rings. The number of H-pyrrole nitrogens is 1. The molecule has 13 heteroatoms. The van der Waals surface area contributed by atoms with Crippen molar-refractivity contribution >= 4 is 23.2 Å². The van der Waals surface area contributed by atoms with Gasteiger partial charge in [-0.05, 0) is 77.8 Å². The van der Waals surface area contributed by atoms with E-state index < -0.39 is 58.0 Å². The molecule has 0 aliphatic heterocycles. The molecular formula is C33H44N6O7. The number of rotatable bonds is 9. The maximum atomic E-state index is 14.3. The van der Waals surface area contributed by atoms with Gasteiger partial charge in [0.25, 0.3) is 5.91 Å². The third kappa shape index (κ3) is 5.16. The highest BCUT2D eigenvalue weighted by molar-refractivity contribution is 6.25. The number of phenolic OH excluding ortho intramolecular Hbond substituents is 1. The summed E-state index contributed by atoms with van der Waals surface area (Å²) in [5.74, 6) is -6.73. The predicted octanol–water partition coefficient (Wildman–Crippen LogP) is 1.18. The molecule has 0 radical (unpaired) electrons. The summed E-state index contributed by atoms with van der Waals surface area (Å²) in [5, 5.41) is 46.2. The zero-order chi connectivity index (χ0) is 34.0. The Morgan fingerprint density at radius 3 is 2.30 bits per heavy atom. The van der Waals surface area contributed by atoms with E-state index in [1.165, 1.54) is 4.90 Å². The number of ketones is 2. The highest BCUT2D eigenvalue weighted by Gasteiger charge is 2.63. The minimum atomic E-state index is -2.69. The predicted molar refractivity (Wildman–Crippen MR) is 173 cm³/mol. The van der Waals surface area contributed by atoms with E-state index in [1.54, 1.807) is 14.1 Å². The molecule has 0 saturated heterocycles. The number of carbonyl (C=O) groups is 3. The van der Waals surface area contributed by atoms with Crippen molar-refractivity contribution in [2.75, 3.05) is 67.3 Å². The van der Waals surface area contributed by atoms with Crippen LogP contribution in [0.2, 0.25) is 0 Å². The number of benzene rings is 1. The van der Waals surface area contributed by atoms with Crippen LogP contribution in [0, 0.1) is 11.8 Å². The number of nitrogens with one attached hydrogen (secondary N) is 1. The lowest BCUT2D eigenvalue weighted by atomic mass is 9.58. The van der Waals surface area contributed by atoms with Crippen LogP contribution in [0.1, 0.15) is 28.0 Å². The Kier molecular flexibility index (Phi) is 8.58. The fraction of sp³-hybridized carbons (Fsp3) is 0.485. The largest absolute Gasteiger partial charge is 0.510 e. The van der Waals surface area contributed by atoms with Crippen molar-refractivity contribution in [2.24, 2.45) is 17.6 Å². The number of carbonyl (C=O) groups excluding carboxylic acids is 3. The lowest BCUT2D eigenvalue weighted by Gasteiger charge is -2.50. The number of aliphatic hydroxyl groups excluding tert-OH is 2. The molecule has 13 nitrogen and oxygen atoms in total. The Labute approximate surface area is 268 Å². The molecule has 5 rings (SSSR count). The van der Waals surface area contributed by atoms with E-state index in [0.717, 1.165) is 18.8 Å². The molecule has 1 heterocycles. The monoisotopic (exact) mass is 636 g/mol. The van der Waals surface area contributed by atoms with Crippen molar-refractivity contribution in [3.8, 4) is 17.0 Å². The molecule has 0 spiro atoms. The summed E-state index contributed by atoms with van der Waals surface area (Å²) < 4.78 is 0. The van der Waals surface area contributed by atoms with Gasteiger partial charge in [0.15, 0.2) is 11.4 Å². The van der Waals surface area contributed by atoms with E-state index in [0.29, 0.717) is 29.1 Å². The number of Topliss-reactive ketones (excluding diaryl/α,β-unsaturated/α-hetero) is 2. The molecule has 46 heavy (non-hydrogen) atoms. The third-order valence-electron chi connectivity index (χ3n) is 9.59. The van der Waals surface area contributed by atoms with Crippen LogP contribution < -0.4 is 10.6 Å². The lowest BCUT2D eigenvalue weighted by molar-refractivity contribution is -0.148. The number of likely N-dealkylation sites (N-methyl/N-ethyl adjacent to an activating group) is 3. The highest BCUT2D eigenvalue weighted by Crippen LogP contribution is 2.54. The number of aromatic nitrogens is 1. The van der Waals surface area contributed by atoms with Gasteiger partial charge in [0.05, 0.1) is 11.6 Å². The summed E-state index contributed by atoms with van der Waals surface area (Å²) in [7, 11) is 12.9. The average molecular weight is 637 g/mol. The smallest absolute Gasteiger partial charge is 0.255 e. The molecule has 2 aromatic rings. The van der Waals surface area contributed by atoms with Crippen molar-refractivity contribution in [1.29, 1.82) is 0 Å². The van der Waals surface area contributed by atoms with Crippen molar-refractivity contribution < 1.29 is 34.8 Å². The fourth-order valence-electron chi connectivity index (χ4n) is 7.33. The first-order valence-corrected chi connectivity index (χ1v) is 15.2. The van der Waals surface area contributed by atoms with Crippen molar-refractivity contribution in [3.63, 3.8) is 0 Å². The second kappa shape index (κ2) is 11.9. The molecule has 7 N–H and O–H groups in total. The molecule has 0 saturated carbocycles. The fourth-order valence-corrected chi connectivity index (χ4v) is 7.33. The van der Waals surface area contributed by atoms with Crippen LogP contribution in [0.25, 0.3) is 11.3 Å². The number of nitrogens with zero attached hydrogens (tertiary/aromatic N) is 4. The molecule has 0 unspecified atom stereocenters. The molecule has 1 amide bonds. The number of phenols is 1. The molecular weight excluding hydrogens is 592 g/mol. The van der Waals surface area contributed by atoms with Crippen LogP contribution >= 0.6 is 0 Å². The first kappa shape index (κ1) is 33.2. The van der Waals surface area contributed by atoms with Gasteiger partial charge >= 0.3 is 0 Å². The number of anilines is 1. The van der Waals surface area contributed by atoms with Crippen molar-refractivity contribution in [1.82, 2.24) is 19.7 Å². The van der Waals surface area contributed by atoms with Crippen LogP contribution in [0.3, 0.4) is 0 Å². The number of hydrogen-bond acceptors (Lipinski definition) is 11. The van der Waals surface area contributed by atoms with E-state index in [9.17, 15) is 34.8 Å². The first-order valence-electron chi connectivity index (χ1n) is 15.2. The number of primary amides is 1. The number of hydrogen-bond donors (Lipinski definition) is 6. The van der Waals surface area contributed by atoms with Gasteiger partial charge in [0.1, 0.15) is 22.8 Å². The Morgan fingerprint density at radius 2 is 1.72 bits per heavy atom. The third-order valence-corrected chi connectivity index (χ3v) is 9.59. The normalized spacial score (nSPS) is 24.5. The van der Waals surface area contributed by atoms with E-state index >= 15 is 0 Å². The van der Waals surface area contributed by atoms with Gasteiger partial charge < -0.3 is 40.9 Å². The average Bonchev–Trinajstić information content (AvgIpc) is 3.41. The molecule has 0 bridgehead atoms. The highest BCUT2D eigenvalue weighted by atomic mass is 16.3. The summed E-state index contributed by atoms with van der Waals surface area (Å²) in [4.78, 5) is 51.2. The summed E-state index contributed by atoms with van der Waals surface area (Å²) in [6, 6.07) is 4.54. The lowest BCUT2D eigenvalue weighted by Crippen LogP contribution is -2.63. The van der Waals surface area contributed by atoms with Crippen LogP contribution in [0.15, 0.2) is 40.9 Å². The van der Waals surface area contributed by atoms with Crippen molar-refractivity contribution in [3.05, 3.63) is 57.7 Å². The summed E-state index contributed by atoms with van der Waals surface area (Å²) in [6.07, 6.45) is 0.241. The summed E-state index contributed by atoms with van der Waals surface area (Å²) >= 11 is 0. The number of fused-ring (bicyclic) bond motifs is 3. The van der Waals surface area contributed by atoms with Crippen LogP contribution in [0.5, 0.6) is 5.75 Å². The summed E-state index contributed by atoms with van der Waals surface area (Å²) in [6.45, 7) is 2.39.